The van der Waals surface area contributed by atoms with Crippen LogP contribution in [0, 0.1) is 12.8 Å². The first-order chi connectivity index (χ1) is 9.17. The van der Waals surface area contributed by atoms with Crippen LogP contribution >= 0.6 is 23.2 Å². The van der Waals surface area contributed by atoms with Gasteiger partial charge in [0.2, 0.25) is 21.2 Å². The average molecular weight is 339 g/mol. The smallest absolute Gasteiger partial charge is 0.227 e. The number of hydrogen-bond acceptors (Lipinski definition) is 5. The van der Waals surface area contributed by atoms with E-state index in [1.807, 2.05) is 0 Å². The Hall–Kier alpha value is -0.960. The summed E-state index contributed by atoms with van der Waals surface area (Å²) in [6.07, 6.45) is 0.0921. The van der Waals surface area contributed by atoms with Crippen molar-refractivity contribution >= 4 is 44.8 Å². The van der Waals surface area contributed by atoms with Gasteiger partial charge in [-0.2, -0.15) is 0 Å². The first kappa shape index (κ1) is 15.4. The maximum absolute atomic E-state index is 12.0. The van der Waals surface area contributed by atoms with Crippen LogP contribution in [0.2, 0.25) is 10.4 Å². The van der Waals surface area contributed by atoms with Gasteiger partial charge in [0, 0.05) is 18.9 Å². The SMILES string of the molecule is Cc1nc(Cl)nc(Cl)c1N1CC(CS(N)(=O)=O)CC1=O. The van der Waals surface area contributed by atoms with Gasteiger partial charge in [0.15, 0.2) is 5.15 Å². The quantitative estimate of drug-likeness (QED) is 0.645. The third kappa shape index (κ3) is 3.38. The van der Waals surface area contributed by atoms with E-state index in [0.29, 0.717) is 11.4 Å². The minimum Gasteiger partial charge on any atom is -0.308 e. The number of halogens is 2. The van der Waals surface area contributed by atoms with Gasteiger partial charge in [-0.25, -0.2) is 23.5 Å². The van der Waals surface area contributed by atoms with Crippen molar-refractivity contribution in [3.8, 4) is 0 Å². The molecule has 1 fully saturated rings. The number of amides is 1. The molecule has 1 saturated heterocycles. The van der Waals surface area contributed by atoms with Crippen molar-refractivity contribution in [1.82, 2.24) is 9.97 Å². The van der Waals surface area contributed by atoms with Gasteiger partial charge in [0.05, 0.1) is 11.4 Å². The summed E-state index contributed by atoms with van der Waals surface area (Å²) in [7, 11) is -3.63. The number of aryl methyl sites for hydroxylation is 1. The van der Waals surface area contributed by atoms with Crippen LogP contribution in [-0.4, -0.2) is 36.6 Å². The van der Waals surface area contributed by atoms with Crippen LogP contribution in [0.3, 0.4) is 0 Å². The van der Waals surface area contributed by atoms with E-state index in [9.17, 15) is 13.2 Å². The topological polar surface area (TPSA) is 106 Å². The molecule has 1 atom stereocenters. The Morgan fingerprint density at radius 2 is 2.05 bits per heavy atom. The minimum atomic E-state index is -3.63. The van der Waals surface area contributed by atoms with Gasteiger partial charge in [-0.1, -0.05) is 11.6 Å². The van der Waals surface area contributed by atoms with Crippen molar-refractivity contribution in [2.75, 3.05) is 17.2 Å². The first-order valence-corrected chi connectivity index (χ1v) is 8.15. The zero-order valence-corrected chi connectivity index (χ0v) is 12.8. The van der Waals surface area contributed by atoms with Crippen molar-refractivity contribution in [2.24, 2.45) is 11.1 Å². The van der Waals surface area contributed by atoms with Crippen molar-refractivity contribution in [3.63, 3.8) is 0 Å². The Balaban J connectivity index is 2.29. The number of hydrogen-bond donors (Lipinski definition) is 1. The third-order valence-electron chi connectivity index (χ3n) is 2.93. The van der Waals surface area contributed by atoms with Crippen LogP contribution in [0.25, 0.3) is 0 Å². The second-order valence-corrected chi connectivity index (χ2v) is 6.98. The number of nitrogens with zero attached hydrogens (tertiary/aromatic N) is 3. The molecule has 0 aromatic carbocycles. The summed E-state index contributed by atoms with van der Waals surface area (Å²) in [4.78, 5) is 21.1. The fourth-order valence-corrected chi connectivity index (χ4v) is 3.70. The fraction of sp³-hybridized carbons (Fsp3) is 0.500. The highest BCUT2D eigenvalue weighted by Gasteiger charge is 2.35. The number of primary sulfonamides is 1. The molecule has 1 aliphatic heterocycles. The molecule has 1 unspecified atom stereocenters. The van der Waals surface area contributed by atoms with Crippen LogP contribution < -0.4 is 10.0 Å². The van der Waals surface area contributed by atoms with E-state index >= 15 is 0 Å². The molecule has 0 saturated carbocycles. The Labute approximate surface area is 126 Å². The van der Waals surface area contributed by atoms with Gasteiger partial charge in [0.25, 0.3) is 0 Å². The van der Waals surface area contributed by atoms with Gasteiger partial charge >= 0.3 is 0 Å². The summed E-state index contributed by atoms with van der Waals surface area (Å²) < 4.78 is 22.2. The number of nitrogens with two attached hydrogens (primary N) is 1. The van der Waals surface area contributed by atoms with E-state index in [1.54, 1.807) is 6.92 Å². The highest BCUT2D eigenvalue weighted by atomic mass is 35.5. The molecule has 10 heteroatoms. The van der Waals surface area contributed by atoms with Gasteiger partial charge in [-0.3, -0.25) is 4.79 Å². The predicted octanol–water partition coefficient (Wildman–Crippen LogP) is 0.733. The van der Waals surface area contributed by atoms with Gasteiger partial charge in [0.1, 0.15) is 5.69 Å². The lowest BCUT2D eigenvalue weighted by Gasteiger charge is -2.19. The molecule has 110 valence electrons. The van der Waals surface area contributed by atoms with E-state index < -0.39 is 10.0 Å². The molecular formula is C10H12Cl2N4O3S. The van der Waals surface area contributed by atoms with Crippen molar-refractivity contribution < 1.29 is 13.2 Å². The second kappa shape index (κ2) is 5.44. The summed E-state index contributed by atoms with van der Waals surface area (Å²) in [5.41, 5.74) is 0.817. The van der Waals surface area contributed by atoms with Crippen LogP contribution in [0.15, 0.2) is 0 Å². The third-order valence-corrected chi connectivity index (χ3v) is 4.30. The molecule has 2 rings (SSSR count). The van der Waals surface area contributed by atoms with E-state index in [2.05, 4.69) is 9.97 Å². The highest BCUT2D eigenvalue weighted by molar-refractivity contribution is 7.89. The lowest BCUT2D eigenvalue weighted by atomic mass is 10.1. The van der Waals surface area contributed by atoms with Crippen molar-refractivity contribution in [1.29, 1.82) is 0 Å². The molecule has 7 nitrogen and oxygen atoms in total. The zero-order valence-electron chi connectivity index (χ0n) is 10.5. The van der Waals surface area contributed by atoms with E-state index in [4.69, 9.17) is 28.3 Å². The van der Waals surface area contributed by atoms with Crippen molar-refractivity contribution in [3.05, 3.63) is 16.1 Å². The molecule has 1 aromatic rings. The molecule has 2 N–H and O–H groups in total. The Bertz CT molecular complexity index is 641. The number of carbonyl (C=O) groups excluding carboxylic acids is 1. The molecular weight excluding hydrogens is 327 g/mol. The average Bonchev–Trinajstić information content (AvgIpc) is 2.55. The molecule has 1 aromatic heterocycles. The summed E-state index contributed by atoms with van der Waals surface area (Å²) in [5.74, 6) is -0.862. The molecule has 1 amide bonds. The minimum absolute atomic E-state index is 0.0102. The van der Waals surface area contributed by atoms with Crippen LogP contribution in [0.4, 0.5) is 5.69 Å². The van der Waals surface area contributed by atoms with Crippen LogP contribution in [0.1, 0.15) is 12.1 Å². The molecule has 0 bridgehead atoms. The zero-order chi connectivity index (χ0) is 15.1. The summed E-state index contributed by atoms with van der Waals surface area (Å²) in [5, 5.41) is 5.05. The normalized spacial score (nSPS) is 19.7. The second-order valence-electron chi connectivity index (χ2n) is 4.62. The highest BCUT2D eigenvalue weighted by Crippen LogP contribution is 2.33. The van der Waals surface area contributed by atoms with Crippen LogP contribution in [0.5, 0.6) is 0 Å². The van der Waals surface area contributed by atoms with Gasteiger partial charge in [-0.05, 0) is 18.5 Å². The van der Waals surface area contributed by atoms with E-state index in [1.165, 1.54) is 4.90 Å². The Morgan fingerprint density at radius 1 is 1.40 bits per heavy atom. The summed E-state index contributed by atoms with van der Waals surface area (Å²) in [6, 6.07) is 0. The molecule has 0 radical (unpaired) electrons. The van der Waals surface area contributed by atoms with Gasteiger partial charge in [-0.15, -0.1) is 0 Å². The molecule has 0 aliphatic carbocycles. The number of carbonyl (C=O) groups is 1. The van der Waals surface area contributed by atoms with Crippen LogP contribution in [-0.2, 0) is 14.8 Å². The lowest BCUT2D eigenvalue weighted by molar-refractivity contribution is -0.117. The maximum atomic E-state index is 12.0. The van der Waals surface area contributed by atoms with Crippen molar-refractivity contribution in [2.45, 2.75) is 13.3 Å². The molecule has 0 spiro atoms. The summed E-state index contributed by atoms with van der Waals surface area (Å²) in [6.45, 7) is 1.86. The van der Waals surface area contributed by atoms with E-state index in [-0.39, 0.29) is 41.0 Å². The lowest BCUT2D eigenvalue weighted by Crippen LogP contribution is -2.28. The number of anilines is 1. The largest absolute Gasteiger partial charge is 0.308 e. The number of sulfonamides is 1. The molecule has 1 aliphatic rings. The van der Waals surface area contributed by atoms with E-state index in [0.717, 1.165) is 0 Å². The maximum Gasteiger partial charge on any atom is 0.227 e. The Morgan fingerprint density at radius 3 is 2.60 bits per heavy atom. The fourth-order valence-electron chi connectivity index (χ4n) is 2.24. The molecule has 2 heterocycles. The van der Waals surface area contributed by atoms with Gasteiger partial charge < -0.3 is 4.90 Å². The standard InChI is InChI=1S/C10H12Cl2N4O3S/c1-5-8(9(11)15-10(12)14-5)16-3-6(2-7(16)17)4-20(13,18)19/h6H,2-4H2,1H3,(H2,13,18,19). The number of rotatable bonds is 3. The predicted molar refractivity (Wildman–Crippen MR) is 75.2 cm³/mol. The molecule has 20 heavy (non-hydrogen) atoms. The summed E-state index contributed by atoms with van der Waals surface area (Å²) >= 11 is 11.7. The monoisotopic (exact) mass is 338 g/mol. The number of aromatic nitrogens is 2. The Kier molecular flexibility index (Phi) is 4.19. The first-order valence-electron chi connectivity index (χ1n) is 5.68.